The molecule has 3 aromatic rings. The van der Waals surface area contributed by atoms with Crippen molar-refractivity contribution in [2.45, 2.75) is 32.2 Å². The van der Waals surface area contributed by atoms with Crippen molar-refractivity contribution < 1.29 is 27.5 Å². The number of hydrogen-bond donors (Lipinski definition) is 2. The molecule has 3 heterocycles. The zero-order valence-corrected chi connectivity index (χ0v) is 18.7. The van der Waals surface area contributed by atoms with Gasteiger partial charge in [0.25, 0.3) is 5.91 Å². The van der Waals surface area contributed by atoms with E-state index >= 15 is 0 Å². The van der Waals surface area contributed by atoms with Gasteiger partial charge in [0.1, 0.15) is 22.7 Å². The number of rotatable bonds is 5. The van der Waals surface area contributed by atoms with Crippen LogP contribution in [-0.2, 0) is 12.8 Å². The number of carbonyl (C=O) groups is 1. The quantitative estimate of drug-likeness (QED) is 0.534. The average molecular weight is 493 g/mol. The van der Waals surface area contributed by atoms with Gasteiger partial charge in [0.05, 0.1) is 17.9 Å². The van der Waals surface area contributed by atoms with Crippen LogP contribution >= 0.6 is 11.3 Å². The molecule has 178 valence electrons. The standard InChI is InChI=1S/C22H19F4N5O2S/c1-9-20-29-19(21(33)27-5-6-32)30-31(20)22-15(11-7-10(18(25)26)8-14(11)34-22)17(28-9)16-12(23)3-2-4-13(16)24/h2-4,9-10,18,32H,5-8H2,1H3,(H,27,33)/t9-,10+/m0/s1. The number of nitrogens with one attached hydrogen (secondary N) is 1. The molecule has 34 heavy (non-hydrogen) atoms. The van der Waals surface area contributed by atoms with Crippen LogP contribution in [0.15, 0.2) is 23.2 Å². The first kappa shape index (κ1) is 22.7. The molecule has 0 radical (unpaired) electrons. The molecule has 0 saturated heterocycles. The number of halogens is 4. The molecule has 1 aliphatic heterocycles. The number of carbonyl (C=O) groups excluding carboxylic acids is 1. The first-order valence-corrected chi connectivity index (χ1v) is 11.4. The lowest BCUT2D eigenvalue weighted by Crippen LogP contribution is -2.27. The third-order valence-corrected chi connectivity index (χ3v) is 7.13. The van der Waals surface area contributed by atoms with Crippen LogP contribution in [0.1, 0.15) is 51.0 Å². The maximum atomic E-state index is 14.8. The van der Waals surface area contributed by atoms with E-state index < -0.39 is 35.9 Å². The van der Waals surface area contributed by atoms with Gasteiger partial charge in [0.2, 0.25) is 12.2 Å². The van der Waals surface area contributed by atoms with Gasteiger partial charge in [-0.25, -0.2) is 27.2 Å². The highest BCUT2D eigenvalue weighted by Crippen LogP contribution is 2.45. The Kier molecular flexibility index (Phi) is 5.72. The maximum Gasteiger partial charge on any atom is 0.291 e. The Morgan fingerprint density at radius 1 is 1.26 bits per heavy atom. The van der Waals surface area contributed by atoms with E-state index in [1.54, 1.807) is 6.92 Å². The van der Waals surface area contributed by atoms with Gasteiger partial charge in [-0.15, -0.1) is 16.4 Å². The molecule has 7 nitrogen and oxygen atoms in total. The van der Waals surface area contributed by atoms with E-state index in [0.29, 0.717) is 21.0 Å². The van der Waals surface area contributed by atoms with E-state index in [1.165, 1.54) is 22.1 Å². The predicted molar refractivity (Wildman–Crippen MR) is 116 cm³/mol. The summed E-state index contributed by atoms with van der Waals surface area (Å²) in [5.41, 5.74) is 0.575. The van der Waals surface area contributed by atoms with Gasteiger partial charge in [-0.05, 0) is 37.5 Å². The number of aliphatic imine (C=N–C) groups is 1. The normalized spacial score (nSPS) is 18.9. The zero-order chi connectivity index (χ0) is 24.1. The minimum absolute atomic E-state index is 0.0146. The molecule has 0 unspecified atom stereocenters. The molecule has 2 N–H and O–H groups in total. The van der Waals surface area contributed by atoms with E-state index in [1.807, 2.05) is 0 Å². The van der Waals surface area contributed by atoms with Crippen molar-refractivity contribution in [2.24, 2.45) is 10.9 Å². The molecule has 2 aliphatic rings. The average Bonchev–Trinajstić information content (AvgIpc) is 3.47. The highest BCUT2D eigenvalue weighted by Gasteiger charge is 2.39. The topological polar surface area (TPSA) is 92.4 Å². The summed E-state index contributed by atoms with van der Waals surface area (Å²) >= 11 is 1.19. The SMILES string of the molecule is C[C@@H]1N=C(c2c(F)cccc2F)c2c(sc3c2C[C@@H](C(F)F)C3)-n2nc(C(=O)NCCO)nc21. The third-order valence-electron chi connectivity index (χ3n) is 5.90. The van der Waals surface area contributed by atoms with Crippen LogP contribution in [0.3, 0.4) is 0 Å². The van der Waals surface area contributed by atoms with Crippen LogP contribution in [-0.4, -0.2) is 51.1 Å². The van der Waals surface area contributed by atoms with Gasteiger partial charge in [-0.1, -0.05) is 6.07 Å². The Bertz CT molecular complexity index is 1300. The van der Waals surface area contributed by atoms with Crippen LogP contribution in [0.2, 0.25) is 0 Å². The number of aliphatic hydroxyl groups is 1. The minimum Gasteiger partial charge on any atom is -0.395 e. The van der Waals surface area contributed by atoms with Gasteiger partial charge >= 0.3 is 0 Å². The number of nitrogens with zero attached hydrogens (tertiary/aromatic N) is 4. The Hall–Kier alpha value is -3.12. The number of aromatic nitrogens is 3. The van der Waals surface area contributed by atoms with E-state index in [4.69, 9.17) is 5.11 Å². The summed E-state index contributed by atoms with van der Waals surface area (Å²) in [5.74, 6) is -3.03. The molecule has 0 spiro atoms. The molecule has 1 amide bonds. The fourth-order valence-corrected chi connectivity index (χ4v) is 5.72. The van der Waals surface area contributed by atoms with E-state index in [0.717, 1.165) is 12.1 Å². The lowest BCUT2D eigenvalue weighted by Gasteiger charge is -2.13. The van der Waals surface area contributed by atoms with E-state index in [9.17, 15) is 22.4 Å². The summed E-state index contributed by atoms with van der Waals surface area (Å²) in [4.78, 5) is 21.9. The number of fused-ring (bicyclic) bond motifs is 5. The smallest absolute Gasteiger partial charge is 0.291 e. The largest absolute Gasteiger partial charge is 0.395 e. The third kappa shape index (κ3) is 3.61. The van der Waals surface area contributed by atoms with Gasteiger partial charge < -0.3 is 10.4 Å². The van der Waals surface area contributed by atoms with E-state index in [2.05, 4.69) is 20.4 Å². The molecule has 1 aliphatic carbocycles. The van der Waals surface area contributed by atoms with Crippen LogP contribution in [0.4, 0.5) is 17.6 Å². The summed E-state index contributed by atoms with van der Waals surface area (Å²) < 4.78 is 58.1. The second-order valence-electron chi connectivity index (χ2n) is 8.12. The lowest BCUT2D eigenvalue weighted by molar-refractivity contribution is 0.0825. The molecular weight excluding hydrogens is 474 g/mol. The van der Waals surface area contributed by atoms with Gasteiger partial charge in [0.15, 0.2) is 5.82 Å². The van der Waals surface area contributed by atoms with Crippen molar-refractivity contribution in [3.05, 3.63) is 63.0 Å². The number of aliphatic hydroxyl groups excluding tert-OH is 1. The molecular formula is C22H19F4N5O2S. The van der Waals surface area contributed by atoms with Crippen LogP contribution in [0, 0.1) is 17.6 Å². The number of thiophene rings is 1. The number of alkyl halides is 2. The monoisotopic (exact) mass is 493 g/mol. The molecule has 12 heteroatoms. The van der Waals surface area contributed by atoms with Crippen molar-refractivity contribution in [1.82, 2.24) is 20.1 Å². The summed E-state index contributed by atoms with van der Waals surface area (Å²) in [5, 5.41) is 16.2. The highest BCUT2D eigenvalue weighted by molar-refractivity contribution is 7.15. The second-order valence-corrected chi connectivity index (χ2v) is 9.21. The van der Waals surface area contributed by atoms with Crippen LogP contribution in [0.25, 0.3) is 5.00 Å². The van der Waals surface area contributed by atoms with Crippen molar-refractivity contribution in [3.63, 3.8) is 0 Å². The van der Waals surface area contributed by atoms with Gasteiger partial charge in [-0.3, -0.25) is 9.79 Å². The molecule has 2 atom stereocenters. The van der Waals surface area contributed by atoms with Crippen LogP contribution < -0.4 is 5.32 Å². The molecule has 0 bridgehead atoms. The summed E-state index contributed by atoms with van der Waals surface area (Å²) in [6.07, 6.45) is -2.37. The summed E-state index contributed by atoms with van der Waals surface area (Å²) in [6, 6.07) is 2.73. The number of hydrogen-bond acceptors (Lipinski definition) is 6. The first-order valence-electron chi connectivity index (χ1n) is 10.6. The molecule has 5 rings (SSSR count). The number of amides is 1. The molecule has 0 saturated carbocycles. The minimum atomic E-state index is -2.53. The van der Waals surface area contributed by atoms with E-state index in [-0.39, 0.29) is 48.9 Å². The lowest BCUT2D eigenvalue weighted by atomic mass is 9.97. The Balaban J connectivity index is 1.72. The Morgan fingerprint density at radius 2 is 2.00 bits per heavy atom. The fourth-order valence-electron chi connectivity index (χ4n) is 4.34. The van der Waals surface area contributed by atoms with Crippen molar-refractivity contribution in [1.29, 1.82) is 0 Å². The van der Waals surface area contributed by atoms with Crippen molar-refractivity contribution in [2.75, 3.05) is 13.2 Å². The molecule has 1 aromatic carbocycles. The van der Waals surface area contributed by atoms with Gasteiger partial charge in [0, 0.05) is 22.9 Å². The Labute approximate surface area is 195 Å². The van der Waals surface area contributed by atoms with Crippen molar-refractivity contribution >= 4 is 23.0 Å². The highest BCUT2D eigenvalue weighted by atomic mass is 32.1. The summed E-state index contributed by atoms with van der Waals surface area (Å²) in [6.45, 7) is 1.40. The van der Waals surface area contributed by atoms with Crippen LogP contribution in [0.5, 0.6) is 0 Å². The fraction of sp³-hybridized carbons (Fsp3) is 0.364. The number of benzene rings is 1. The zero-order valence-electron chi connectivity index (χ0n) is 17.9. The summed E-state index contributed by atoms with van der Waals surface area (Å²) in [7, 11) is 0. The molecule has 0 fully saturated rings. The van der Waals surface area contributed by atoms with Crippen molar-refractivity contribution in [3.8, 4) is 5.00 Å². The predicted octanol–water partition coefficient (Wildman–Crippen LogP) is 3.22. The first-order chi connectivity index (χ1) is 16.3. The second kappa shape index (κ2) is 8.58. The maximum absolute atomic E-state index is 14.8. The molecule has 2 aromatic heterocycles. The van der Waals surface area contributed by atoms with Gasteiger partial charge in [-0.2, -0.15) is 0 Å². The Morgan fingerprint density at radius 3 is 2.68 bits per heavy atom.